The van der Waals surface area contributed by atoms with Crippen LogP contribution in [0.25, 0.3) is 5.69 Å². The van der Waals surface area contributed by atoms with E-state index in [-0.39, 0.29) is 23.4 Å². The van der Waals surface area contributed by atoms with Gasteiger partial charge in [0.25, 0.3) is 5.91 Å². The number of aromatic nitrogens is 2. The molecule has 1 atom stereocenters. The van der Waals surface area contributed by atoms with Crippen molar-refractivity contribution in [3.05, 3.63) is 70.2 Å². The number of hydrogen-bond acceptors (Lipinski definition) is 5. The Morgan fingerprint density at radius 2 is 2.04 bits per heavy atom. The Balaban J connectivity index is 1.66. The van der Waals surface area contributed by atoms with Gasteiger partial charge < -0.3 is 14.7 Å². The van der Waals surface area contributed by atoms with Gasteiger partial charge in [0.15, 0.2) is 5.69 Å². The average molecular weight is 383 g/mol. The Kier molecular flexibility index (Phi) is 4.74. The third-order valence-corrected chi connectivity index (χ3v) is 5.12. The van der Waals surface area contributed by atoms with Crippen molar-refractivity contribution in [2.24, 2.45) is 0 Å². The summed E-state index contributed by atoms with van der Waals surface area (Å²) in [7, 11) is 0. The van der Waals surface area contributed by atoms with Crippen LogP contribution in [0.15, 0.2) is 53.2 Å². The first kappa shape index (κ1) is 17.4. The van der Waals surface area contributed by atoms with Crippen LogP contribution < -0.4 is 0 Å². The molecule has 0 spiro atoms. The molecular formula is C19H17N3O4S. The maximum absolute atomic E-state index is 13.2. The van der Waals surface area contributed by atoms with E-state index in [2.05, 4.69) is 5.10 Å². The van der Waals surface area contributed by atoms with Gasteiger partial charge in [0.2, 0.25) is 0 Å². The Labute approximate surface area is 159 Å². The summed E-state index contributed by atoms with van der Waals surface area (Å²) < 4.78 is 7.18. The zero-order valence-electron chi connectivity index (χ0n) is 14.3. The van der Waals surface area contributed by atoms with Crippen molar-refractivity contribution in [2.75, 3.05) is 19.7 Å². The van der Waals surface area contributed by atoms with Crippen molar-refractivity contribution < 1.29 is 19.4 Å². The summed E-state index contributed by atoms with van der Waals surface area (Å²) in [4.78, 5) is 26.2. The van der Waals surface area contributed by atoms with Crippen LogP contribution in [0.3, 0.4) is 0 Å². The monoisotopic (exact) mass is 383 g/mol. The molecule has 138 valence electrons. The number of rotatable bonds is 4. The number of thiophene rings is 1. The number of hydrogen-bond donors (Lipinski definition) is 1. The average Bonchev–Trinajstić information content (AvgIpc) is 3.38. The van der Waals surface area contributed by atoms with E-state index >= 15 is 0 Å². The molecule has 7 nitrogen and oxygen atoms in total. The highest BCUT2D eigenvalue weighted by Crippen LogP contribution is 2.25. The fraction of sp³-hybridized carbons (Fsp3) is 0.211. The van der Waals surface area contributed by atoms with Gasteiger partial charge in [-0.05, 0) is 34.5 Å². The van der Waals surface area contributed by atoms with Gasteiger partial charge in [0, 0.05) is 12.6 Å². The normalized spacial score (nSPS) is 17.0. The van der Waals surface area contributed by atoms with Crippen molar-refractivity contribution in [3.8, 4) is 5.69 Å². The largest absolute Gasteiger partial charge is 0.476 e. The lowest BCUT2D eigenvalue weighted by Gasteiger charge is -2.32. The van der Waals surface area contributed by atoms with Crippen molar-refractivity contribution in [2.45, 2.75) is 6.10 Å². The number of ether oxygens (including phenoxy) is 1. The van der Waals surface area contributed by atoms with Crippen LogP contribution in [-0.4, -0.2) is 51.4 Å². The highest BCUT2D eigenvalue weighted by atomic mass is 32.1. The smallest absolute Gasteiger partial charge is 0.356 e. The van der Waals surface area contributed by atoms with Crippen LogP contribution in [0.2, 0.25) is 0 Å². The quantitative estimate of drug-likeness (QED) is 0.749. The zero-order valence-corrected chi connectivity index (χ0v) is 15.1. The number of nitrogens with zero attached hydrogens (tertiary/aromatic N) is 3. The minimum absolute atomic E-state index is 0.162. The molecule has 1 aliphatic rings. The molecule has 3 heterocycles. The molecular weight excluding hydrogens is 366 g/mol. The Morgan fingerprint density at radius 1 is 1.22 bits per heavy atom. The van der Waals surface area contributed by atoms with E-state index < -0.39 is 5.97 Å². The number of carboxylic acids is 1. The molecule has 1 amide bonds. The van der Waals surface area contributed by atoms with Crippen LogP contribution in [0.4, 0.5) is 0 Å². The van der Waals surface area contributed by atoms with Crippen molar-refractivity contribution in [1.29, 1.82) is 0 Å². The fourth-order valence-electron chi connectivity index (χ4n) is 3.06. The lowest BCUT2D eigenvalue weighted by molar-refractivity contribution is -0.0229. The maximum atomic E-state index is 13.2. The Bertz CT molecular complexity index is 953. The molecule has 2 aromatic heterocycles. The van der Waals surface area contributed by atoms with E-state index in [1.165, 1.54) is 10.7 Å². The summed E-state index contributed by atoms with van der Waals surface area (Å²) in [6.45, 7) is 1.29. The van der Waals surface area contributed by atoms with Crippen molar-refractivity contribution in [1.82, 2.24) is 14.7 Å². The third-order valence-electron chi connectivity index (χ3n) is 4.42. The van der Waals surface area contributed by atoms with Gasteiger partial charge in [-0.3, -0.25) is 4.79 Å². The number of carboxylic acid groups (broad SMARTS) is 1. The summed E-state index contributed by atoms with van der Waals surface area (Å²) in [6, 6.07) is 12.3. The summed E-state index contributed by atoms with van der Waals surface area (Å²) >= 11 is 1.58. The lowest BCUT2D eigenvalue weighted by atomic mass is 10.1. The number of carbonyl (C=O) groups excluding carboxylic acids is 1. The molecule has 4 rings (SSSR count). The summed E-state index contributed by atoms with van der Waals surface area (Å²) in [5.74, 6) is -1.43. The topological polar surface area (TPSA) is 84.7 Å². The Hall–Kier alpha value is -2.97. The first-order valence-electron chi connectivity index (χ1n) is 8.45. The minimum atomic E-state index is -1.17. The molecule has 3 aromatic rings. The van der Waals surface area contributed by atoms with Crippen molar-refractivity contribution >= 4 is 23.2 Å². The molecule has 1 N–H and O–H groups in total. The van der Waals surface area contributed by atoms with Crippen LogP contribution in [0, 0.1) is 0 Å². The second-order valence-corrected chi connectivity index (χ2v) is 6.91. The predicted molar refractivity (Wildman–Crippen MR) is 99.4 cm³/mol. The van der Waals surface area contributed by atoms with Crippen LogP contribution >= 0.6 is 11.3 Å². The first-order chi connectivity index (χ1) is 13.1. The van der Waals surface area contributed by atoms with E-state index in [4.69, 9.17) is 4.74 Å². The van der Waals surface area contributed by atoms with Gasteiger partial charge in [-0.2, -0.15) is 16.4 Å². The SMILES string of the molecule is O=C(O)c1cc(C(=O)N2CCOC(c3ccsc3)C2)n(-c2ccccc2)n1. The van der Waals surface area contributed by atoms with E-state index in [1.807, 2.05) is 35.0 Å². The molecule has 0 bridgehead atoms. The molecule has 27 heavy (non-hydrogen) atoms. The van der Waals surface area contributed by atoms with Gasteiger partial charge in [-0.25, -0.2) is 9.48 Å². The van der Waals surface area contributed by atoms with E-state index in [0.717, 1.165) is 5.56 Å². The van der Waals surface area contributed by atoms with Crippen LogP contribution in [-0.2, 0) is 4.74 Å². The second-order valence-electron chi connectivity index (χ2n) is 6.13. The van der Waals surface area contributed by atoms with Crippen LogP contribution in [0.1, 0.15) is 32.6 Å². The number of amides is 1. The minimum Gasteiger partial charge on any atom is -0.476 e. The molecule has 1 fully saturated rings. The number of carbonyl (C=O) groups is 2. The molecule has 1 saturated heterocycles. The lowest BCUT2D eigenvalue weighted by Crippen LogP contribution is -2.42. The summed E-state index contributed by atoms with van der Waals surface area (Å²) in [5, 5.41) is 17.4. The molecule has 0 aliphatic carbocycles. The number of benzene rings is 1. The van der Waals surface area contributed by atoms with E-state index in [1.54, 1.807) is 28.4 Å². The highest BCUT2D eigenvalue weighted by Gasteiger charge is 2.29. The van der Waals surface area contributed by atoms with Gasteiger partial charge in [-0.1, -0.05) is 18.2 Å². The van der Waals surface area contributed by atoms with Crippen molar-refractivity contribution in [3.63, 3.8) is 0 Å². The summed E-state index contributed by atoms with van der Waals surface area (Å²) in [5.41, 5.74) is 1.74. The Morgan fingerprint density at radius 3 is 2.74 bits per heavy atom. The molecule has 1 aromatic carbocycles. The molecule has 0 radical (unpaired) electrons. The number of para-hydroxylation sites is 1. The molecule has 8 heteroatoms. The maximum Gasteiger partial charge on any atom is 0.356 e. The summed E-state index contributed by atoms with van der Waals surface area (Å²) in [6.07, 6.45) is -0.180. The van der Waals surface area contributed by atoms with Gasteiger partial charge >= 0.3 is 5.97 Å². The van der Waals surface area contributed by atoms with Gasteiger partial charge in [0.05, 0.1) is 18.8 Å². The molecule has 0 saturated carbocycles. The number of aromatic carboxylic acids is 1. The predicted octanol–water partition coefficient (Wildman–Crippen LogP) is 2.85. The standard InChI is InChI=1S/C19H17N3O4S/c23-18(21-7-8-26-17(11-21)13-6-9-27-12-13)16-10-15(19(24)25)20-22(16)14-4-2-1-3-5-14/h1-6,9-10,12,17H,7-8,11H2,(H,24,25). The highest BCUT2D eigenvalue weighted by molar-refractivity contribution is 7.07. The van der Waals surface area contributed by atoms with Crippen LogP contribution in [0.5, 0.6) is 0 Å². The van der Waals surface area contributed by atoms with Gasteiger partial charge in [0.1, 0.15) is 11.8 Å². The number of morpholine rings is 1. The second kappa shape index (κ2) is 7.34. The molecule has 1 aliphatic heterocycles. The van der Waals surface area contributed by atoms with E-state index in [9.17, 15) is 14.7 Å². The zero-order chi connectivity index (χ0) is 18.8. The first-order valence-corrected chi connectivity index (χ1v) is 9.39. The molecule has 1 unspecified atom stereocenters. The third kappa shape index (κ3) is 3.49. The fourth-order valence-corrected chi connectivity index (χ4v) is 3.76. The van der Waals surface area contributed by atoms with E-state index in [0.29, 0.717) is 25.4 Å². The van der Waals surface area contributed by atoms with Gasteiger partial charge in [-0.15, -0.1) is 0 Å².